The first-order chi connectivity index (χ1) is 12.5. The second-order valence-corrected chi connectivity index (χ2v) is 6.56. The Morgan fingerprint density at radius 1 is 1.26 bits per heavy atom. The summed E-state index contributed by atoms with van der Waals surface area (Å²) in [6.45, 7) is 2.13. The highest BCUT2D eigenvalue weighted by Crippen LogP contribution is 2.32. The fourth-order valence-corrected chi connectivity index (χ4v) is 3.41. The fourth-order valence-electron chi connectivity index (χ4n) is 3.41. The Morgan fingerprint density at radius 2 is 2.04 bits per heavy atom. The van der Waals surface area contributed by atoms with Crippen molar-refractivity contribution < 1.29 is 18.4 Å². The van der Waals surface area contributed by atoms with E-state index >= 15 is 0 Å². The molecule has 2 aromatic rings. The molecule has 1 aliphatic carbocycles. The van der Waals surface area contributed by atoms with Gasteiger partial charge in [-0.1, -0.05) is 6.42 Å². The minimum absolute atomic E-state index is 0. The van der Waals surface area contributed by atoms with Crippen LogP contribution < -0.4 is 16.4 Å². The summed E-state index contributed by atoms with van der Waals surface area (Å²) in [4.78, 5) is 24.7. The minimum atomic E-state index is -0.585. The summed E-state index contributed by atoms with van der Waals surface area (Å²) in [7, 11) is 0. The SMILES string of the molecule is Cc1occc1C(=O)Nc1cc(NC(=O)[C@@H]2CCC[C@@H]2CN)ccc1F.Cl. The average Bonchev–Trinajstić information content (AvgIpc) is 3.26. The molecule has 2 amide bonds. The van der Waals surface area contributed by atoms with E-state index in [1.165, 1.54) is 30.5 Å². The predicted molar refractivity (Wildman–Crippen MR) is 104 cm³/mol. The van der Waals surface area contributed by atoms with E-state index in [1.807, 2.05) is 0 Å². The Bertz CT molecular complexity index is 824. The van der Waals surface area contributed by atoms with Crippen LogP contribution in [0, 0.1) is 24.6 Å². The van der Waals surface area contributed by atoms with Gasteiger partial charge in [-0.05, 0) is 56.5 Å². The third-order valence-electron chi connectivity index (χ3n) is 4.88. The highest BCUT2D eigenvalue weighted by Gasteiger charge is 2.32. The number of rotatable bonds is 5. The molecular formula is C19H23ClFN3O3. The number of hydrogen-bond acceptors (Lipinski definition) is 4. The molecule has 0 bridgehead atoms. The largest absolute Gasteiger partial charge is 0.469 e. The summed E-state index contributed by atoms with van der Waals surface area (Å²) in [6.07, 6.45) is 4.13. The van der Waals surface area contributed by atoms with Crippen molar-refractivity contribution in [3.05, 3.63) is 47.7 Å². The van der Waals surface area contributed by atoms with E-state index in [0.717, 1.165) is 19.3 Å². The second-order valence-electron chi connectivity index (χ2n) is 6.56. The first kappa shape index (κ1) is 20.9. The van der Waals surface area contributed by atoms with E-state index in [0.29, 0.717) is 23.6 Å². The van der Waals surface area contributed by atoms with Crippen LogP contribution in [0.2, 0.25) is 0 Å². The molecular weight excluding hydrogens is 373 g/mol. The number of hydrogen-bond donors (Lipinski definition) is 3. The Balaban J connectivity index is 0.00000261. The van der Waals surface area contributed by atoms with E-state index in [-0.39, 0.29) is 35.8 Å². The Hall–Kier alpha value is -2.38. The zero-order valence-electron chi connectivity index (χ0n) is 15.0. The van der Waals surface area contributed by atoms with Gasteiger partial charge >= 0.3 is 0 Å². The fraction of sp³-hybridized carbons (Fsp3) is 0.368. The lowest BCUT2D eigenvalue weighted by Crippen LogP contribution is -2.29. The van der Waals surface area contributed by atoms with Gasteiger partial charge in [-0.3, -0.25) is 9.59 Å². The molecule has 1 aliphatic rings. The van der Waals surface area contributed by atoms with Gasteiger partial charge < -0.3 is 20.8 Å². The third-order valence-corrected chi connectivity index (χ3v) is 4.88. The number of anilines is 2. The number of carbonyl (C=O) groups excluding carboxylic acids is 2. The molecule has 1 fully saturated rings. The molecule has 0 unspecified atom stereocenters. The summed E-state index contributed by atoms with van der Waals surface area (Å²) in [6, 6.07) is 5.61. The number of carbonyl (C=O) groups is 2. The number of furan rings is 1. The van der Waals surface area contributed by atoms with Crippen LogP contribution in [0.3, 0.4) is 0 Å². The second kappa shape index (κ2) is 9.01. The van der Waals surface area contributed by atoms with Crippen molar-refractivity contribution in [2.45, 2.75) is 26.2 Å². The van der Waals surface area contributed by atoms with Crippen LogP contribution in [0.4, 0.5) is 15.8 Å². The monoisotopic (exact) mass is 395 g/mol. The third kappa shape index (κ3) is 4.67. The summed E-state index contributed by atoms with van der Waals surface area (Å²) in [5, 5.41) is 5.32. The Morgan fingerprint density at radius 3 is 2.70 bits per heavy atom. The van der Waals surface area contributed by atoms with Gasteiger partial charge in [0.1, 0.15) is 11.6 Å². The molecule has 0 spiro atoms. The van der Waals surface area contributed by atoms with E-state index in [1.54, 1.807) is 6.92 Å². The predicted octanol–water partition coefficient (Wildman–Crippen LogP) is 3.71. The Labute approximate surface area is 163 Å². The molecule has 1 aromatic heterocycles. The lowest BCUT2D eigenvalue weighted by Gasteiger charge is -2.18. The van der Waals surface area contributed by atoms with Crippen LogP contribution in [-0.4, -0.2) is 18.4 Å². The van der Waals surface area contributed by atoms with Gasteiger partial charge in [-0.25, -0.2) is 4.39 Å². The standard InChI is InChI=1S/C19H22FN3O3.ClH/c1-11-14(7-8-26-11)18(24)23-17-9-13(5-6-16(17)20)22-19(25)15-4-2-3-12(15)10-21;/h5-9,12,15H,2-4,10,21H2,1H3,(H,22,25)(H,23,24);1H/t12-,15-;/m1./s1. The molecule has 1 saturated carbocycles. The van der Waals surface area contributed by atoms with Crippen LogP contribution in [0.1, 0.15) is 35.4 Å². The molecule has 1 aromatic carbocycles. The van der Waals surface area contributed by atoms with Crippen molar-refractivity contribution in [3.8, 4) is 0 Å². The van der Waals surface area contributed by atoms with Crippen molar-refractivity contribution in [1.29, 1.82) is 0 Å². The summed E-state index contributed by atoms with van der Waals surface area (Å²) >= 11 is 0. The van der Waals surface area contributed by atoms with Gasteiger partial charge in [0.25, 0.3) is 5.91 Å². The topological polar surface area (TPSA) is 97.4 Å². The zero-order valence-corrected chi connectivity index (χ0v) is 15.8. The maximum atomic E-state index is 14.1. The molecule has 2 atom stereocenters. The van der Waals surface area contributed by atoms with Crippen molar-refractivity contribution in [1.82, 2.24) is 0 Å². The summed E-state index contributed by atoms with van der Waals surface area (Å²) in [5.41, 5.74) is 6.48. The van der Waals surface area contributed by atoms with Gasteiger partial charge in [-0.15, -0.1) is 12.4 Å². The van der Waals surface area contributed by atoms with Crippen LogP contribution in [0.25, 0.3) is 0 Å². The van der Waals surface area contributed by atoms with Gasteiger partial charge in [0.15, 0.2) is 0 Å². The lowest BCUT2D eigenvalue weighted by atomic mass is 9.95. The number of amides is 2. The van der Waals surface area contributed by atoms with Crippen molar-refractivity contribution in [2.75, 3.05) is 17.2 Å². The molecule has 146 valence electrons. The lowest BCUT2D eigenvalue weighted by molar-refractivity contribution is -0.120. The van der Waals surface area contributed by atoms with Crippen LogP contribution >= 0.6 is 12.4 Å². The molecule has 8 heteroatoms. The molecule has 1 heterocycles. The number of nitrogens with one attached hydrogen (secondary N) is 2. The normalized spacial score (nSPS) is 18.6. The number of halogens is 2. The van der Waals surface area contributed by atoms with E-state index in [4.69, 9.17) is 10.2 Å². The van der Waals surface area contributed by atoms with Gasteiger partial charge in [0.05, 0.1) is 17.5 Å². The zero-order chi connectivity index (χ0) is 18.7. The van der Waals surface area contributed by atoms with Crippen molar-refractivity contribution in [3.63, 3.8) is 0 Å². The number of nitrogens with two attached hydrogens (primary N) is 1. The molecule has 3 rings (SSSR count). The smallest absolute Gasteiger partial charge is 0.259 e. The minimum Gasteiger partial charge on any atom is -0.469 e. The maximum Gasteiger partial charge on any atom is 0.259 e. The molecule has 6 nitrogen and oxygen atoms in total. The van der Waals surface area contributed by atoms with Crippen LogP contribution in [0.5, 0.6) is 0 Å². The first-order valence-electron chi connectivity index (χ1n) is 8.65. The van der Waals surface area contributed by atoms with Crippen LogP contribution in [-0.2, 0) is 4.79 Å². The van der Waals surface area contributed by atoms with Crippen molar-refractivity contribution in [2.24, 2.45) is 17.6 Å². The van der Waals surface area contributed by atoms with Gasteiger partial charge in [0, 0.05) is 11.6 Å². The van der Waals surface area contributed by atoms with E-state index in [9.17, 15) is 14.0 Å². The van der Waals surface area contributed by atoms with E-state index in [2.05, 4.69) is 10.6 Å². The molecule has 0 radical (unpaired) electrons. The first-order valence-corrected chi connectivity index (χ1v) is 8.65. The Kier molecular flexibility index (Phi) is 6.98. The summed E-state index contributed by atoms with van der Waals surface area (Å²) < 4.78 is 19.1. The van der Waals surface area contributed by atoms with E-state index < -0.39 is 11.7 Å². The van der Waals surface area contributed by atoms with Crippen molar-refractivity contribution >= 4 is 35.6 Å². The van der Waals surface area contributed by atoms with Gasteiger partial charge in [0.2, 0.25) is 5.91 Å². The molecule has 27 heavy (non-hydrogen) atoms. The summed E-state index contributed by atoms with van der Waals surface area (Å²) in [5.74, 6) is -0.680. The quantitative estimate of drug-likeness (QED) is 0.718. The average molecular weight is 396 g/mol. The highest BCUT2D eigenvalue weighted by molar-refractivity contribution is 6.05. The van der Waals surface area contributed by atoms with Crippen LogP contribution in [0.15, 0.2) is 34.9 Å². The molecule has 0 aliphatic heterocycles. The molecule has 4 N–H and O–H groups in total. The highest BCUT2D eigenvalue weighted by atomic mass is 35.5. The number of aryl methyl sites for hydroxylation is 1. The van der Waals surface area contributed by atoms with Gasteiger partial charge in [-0.2, -0.15) is 0 Å². The maximum absolute atomic E-state index is 14.1. The molecule has 0 saturated heterocycles. The number of benzene rings is 1.